The summed E-state index contributed by atoms with van der Waals surface area (Å²) in [5.74, 6) is 2.80. The molecule has 0 spiro atoms. The second-order valence-electron chi connectivity index (χ2n) is 8.43. The van der Waals surface area contributed by atoms with E-state index in [0.29, 0.717) is 35.3 Å². The molecule has 0 saturated heterocycles. The Hall–Kier alpha value is -3.74. The molecule has 0 aliphatic rings. The fourth-order valence-corrected chi connectivity index (χ4v) is 4.79. The molecule has 0 aromatic heterocycles. The van der Waals surface area contributed by atoms with Crippen LogP contribution in [0, 0.1) is 0 Å². The maximum absolute atomic E-state index is 12.5. The molecule has 0 bridgehead atoms. The molecular formula is C31H29ClN2O3S. The topological polar surface area (TPSA) is 59.9 Å². The lowest BCUT2D eigenvalue weighted by Gasteiger charge is -2.12. The number of hydrogen-bond acceptors (Lipinski definition) is 5. The summed E-state index contributed by atoms with van der Waals surface area (Å²) in [4.78, 5) is 12.5. The molecule has 0 heterocycles. The van der Waals surface area contributed by atoms with Crippen molar-refractivity contribution in [3.63, 3.8) is 0 Å². The Labute approximate surface area is 232 Å². The highest BCUT2D eigenvalue weighted by molar-refractivity contribution is 7.97. The van der Waals surface area contributed by atoms with Crippen LogP contribution in [0.25, 0.3) is 0 Å². The Kier molecular flexibility index (Phi) is 10.2. The summed E-state index contributed by atoms with van der Waals surface area (Å²) in [5.41, 5.74) is 7.36. The first kappa shape index (κ1) is 27.3. The number of benzene rings is 4. The van der Waals surface area contributed by atoms with Gasteiger partial charge in [-0.2, -0.15) is 16.9 Å². The Bertz CT molecular complexity index is 1360. The molecule has 4 aromatic rings. The predicted octanol–water partition coefficient (Wildman–Crippen LogP) is 7.52. The molecule has 1 N–H and O–H groups in total. The van der Waals surface area contributed by atoms with Gasteiger partial charge in [-0.1, -0.05) is 66.2 Å². The zero-order valence-corrected chi connectivity index (χ0v) is 22.7. The van der Waals surface area contributed by atoms with Crippen molar-refractivity contribution in [2.75, 3.05) is 6.61 Å². The number of nitrogens with zero attached hydrogens (tertiary/aromatic N) is 1. The van der Waals surface area contributed by atoms with E-state index in [9.17, 15) is 4.79 Å². The van der Waals surface area contributed by atoms with Crippen molar-refractivity contribution >= 4 is 35.5 Å². The second-order valence-corrected chi connectivity index (χ2v) is 9.85. The summed E-state index contributed by atoms with van der Waals surface area (Å²) in [6.07, 6.45) is 1.58. The standard InChI is InChI=1S/C31H29ClN2O3S/c1-2-36-30-18-25(13-16-29(30)37-20-26-9-6-10-28(32)17-26)19-33-34-31(35)27-14-11-24(12-15-27)22-38-21-23-7-4-3-5-8-23/h3-19H,2,20-22H2,1H3,(H,34,35)/b33-19+. The summed E-state index contributed by atoms with van der Waals surface area (Å²) in [7, 11) is 0. The first-order valence-electron chi connectivity index (χ1n) is 12.3. The first-order valence-corrected chi connectivity index (χ1v) is 13.8. The fraction of sp³-hybridized carbons (Fsp3) is 0.161. The van der Waals surface area contributed by atoms with Crippen molar-refractivity contribution in [2.24, 2.45) is 5.10 Å². The van der Waals surface area contributed by atoms with Gasteiger partial charge in [-0.3, -0.25) is 4.79 Å². The first-order chi connectivity index (χ1) is 18.6. The molecule has 194 valence electrons. The van der Waals surface area contributed by atoms with E-state index in [0.717, 1.165) is 22.6 Å². The third-order valence-corrected chi connectivity index (χ3v) is 6.84. The average Bonchev–Trinajstić information content (AvgIpc) is 2.94. The van der Waals surface area contributed by atoms with Crippen LogP contribution in [-0.2, 0) is 18.1 Å². The molecule has 4 rings (SSSR count). The minimum atomic E-state index is -0.267. The maximum Gasteiger partial charge on any atom is 0.271 e. The predicted molar refractivity (Wildman–Crippen MR) is 156 cm³/mol. The lowest BCUT2D eigenvalue weighted by atomic mass is 10.1. The summed E-state index contributed by atoms with van der Waals surface area (Å²) < 4.78 is 11.7. The maximum atomic E-state index is 12.5. The number of thioether (sulfide) groups is 1. The number of halogens is 1. The van der Waals surface area contributed by atoms with Crippen LogP contribution >= 0.6 is 23.4 Å². The van der Waals surface area contributed by atoms with Gasteiger partial charge in [0, 0.05) is 22.1 Å². The Morgan fingerprint density at radius 1 is 0.842 bits per heavy atom. The molecular weight excluding hydrogens is 516 g/mol. The van der Waals surface area contributed by atoms with E-state index in [-0.39, 0.29) is 5.91 Å². The highest BCUT2D eigenvalue weighted by Crippen LogP contribution is 2.29. The van der Waals surface area contributed by atoms with E-state index in [1.807, 2.05) is 91.5 Å². The van der Waals surface area contributed by atoms with Crippen LogP contribution in [0.4, 0.5) is 0 Å². The minimum Gasteiger partial charge on any atom is -0.490 e. The van der Waals surface area contributed by atoms with Gasteiger partial charge >= 0.3 is 0 Å². The molecule has 0 aliphatic heterocycles. The number of rotatable bonds is 12. The normalized spacial score (nSPS) is 10.9. The quantitative estimate of drug-likeness (QED) is 0.148. The molecule has 0 unspecified atom stereocenters. The van der Waals surface area contributed by atoms with E-state index >= 15 is 0 Å². The number of hydrogen-bond donors (Lipinski definition) is 1. The van der Waals surface area contributed by atoms with Gasteiger partial charge in [-0.25, -0.2) is 5.43 Å². The zero-order chi connectivity index (χ0) is 26.6. The largest absolute Gasteiger partial charge is 0.490 e. The Morgan fingerprint density at radius 2 is 1.58 bits per heavy atom. The SMILES string of the molecule is CCOc1cc(/C=N/NC(=O)c2ccc(CSCc3ccccc3)cc2)ccc1OCc1cccc(Cl)c1. The number of carbonyl (C=O) groups excluding carboxylic acids is 1. The van der Waals surface area contributed by atoms with Crippen molar-refractivity contribution in [1.82, 2.24) is 5.43 Å². The van der Waals surface area contributed by atoms with Gasteiger partial charge in [-0.05, 0) is 71.6 Å². The Balaban J connectivity index is 1.29. The van der Waals surface area contributed by atoms with Crippen LogP contribution in [0.1, 0.15) is 39.5 Å². The number of ether oxygens (including phenoxy) is 2. The molecule has 4 aromatic carbocycles. The van der Waals surface area contributed by atoms with Gasteiger partial charge in [0.05, 0.1) is 12.8 Å². The van der Waals surface area contributed by atoms with Crippen LogP contribution in [0.3, 0.4) is 0 Å². The molecule has 7 heteroatoms. The van der Waals surface area contributed by atoms with Gasteiger partial charge in [0.25, 0.3) is 5.91 Å². The van der Waals surface area contributed by atoms with Gasteiger partial charge < -0.3 is 9.47 Å². The number of hydrazone groups is 1. The van der Waals surface area contributed by atoms with Crippen LogP contribution in [0.5, 0.6) is 11.5 Å². The number of nitrogens with one attached hydrogen (secondary N) is 1. The third-order valence-electron chi connectivity index (χ3n) is 5.53. The lowest BCUT2D eigenvalue weighted by Crippen LogP contribution is -2.17. The van der Waals surface area contributed by atoms with E-state index in [2.05, 4.69) is 34.8 Å². The molecule has 0 fully saturated rings. The van der Waals surface area contributed by atoms with E-state index in [1.54, 1.807) is 6.21 Å². The molecule has 0 atom stereocenters. The van der Waals surface area contributed by atoms with Crippen molar-refractivity contribution in [1.29, 1.82) is 0 Å². The summed E-state index contributed by atoms with van der Waals surface area (Å²) in [6.45, 7) is 2.77. The van der Waals surface area contributed by atoms with Crippen LogP contribution in [-0.4, -0.2) is 18.7 Å². The van der Waals surface area contributed by atoms with E-state index < -0.39 is 0 Å². The third kappa shape index (κ3) is 8.40. The lowest BCUT2D eigenvalue weighted by molar-refractivity contribution is 0.0955. The van der Waals surface area contributed by atoms with Gasteiger partial charge in [0.2, 0.25) is 0 Å². The van der Waals surface area contributed by atoms with Crippen molar-refractivity contribution in [2.45, 2.75) is 25.0 Å². The smallest absolute Gasteiger partial charge is 0.271 e. The van der Waals surface area contributed by atoms with Crippen molar-refractivity contribution < 1.29 is 14.3 Å². The average molecular weight is 545 g/mol. The Morgan fingerprint density at radius 3 is 2.32 bits per heavy atom. The van der Waals surface area contributed by atoms with Crippen molar-refractivity contribution in [3.8, 4) is 11.5 Å². The van der Waals surface area contributed by atoms with E-state index in [4.69, 9.17) is 21.1 Å². The molecule has 38 heavy (non-hydrogen) atoms. The fourth-order valence-electron chi connectivity index (χ4n) is 3.62. The zero-order valence-electron chi connectivity index (χ0n) is 21.1. The minimum absolute atomic E-state index is 0.267. The summed E-state index contributed by atoms with van der Waals surface area (Å²) >= 11 is 7.90. The van der Waals surface area contributed by atoms with Gasteiger partial charge in [0.15, 0.2) is 11.5 Å². The van der Waals surface area contributed by atoms with Crippen LogP contribution in [0.15, 0.2) is 102 Å². The summed E-state index contributed by atoms with van der Waals surface area (Å²) in [6, 6.07) is 31.0. The van der Waals surface area contributed by atoms with E-state index in [1.165, 1.54) is 11.1 Å². The molecule has 1 amide bonds. The monoisotopic (exact) mass is 544 g/mol. The summed E-state index contributed by atoms with van der Waals surface area (Å²) in [5, 5.41) is 4.78. The number of carbonyl (C=O) groups is 1. The molecule has 0 aliphatic carbocycles. The molecule has 5 nitrogen and oxygen atoms in total. The van der Waals surface area contributed by atoms with Crippen LogP contribution < -0.4 is 14.9 Å². The highest BCUT2D eigenvalue weighted by atomic mass is 35.5. The highest BCUT2D eigenvalue weighted by Gasteiger charge is 2.08. The second kappa shape index (κ2) is 14.3. The van der Waals surface area contributed by atoms with Gasteiger partial charge in [0.1, 0.15) is 6.61 Å². The van der Waals surface area contributed by atoms with Crippen molar-refractivity contribution in [3.05, 3.63) is 130 Å². The van der Waals surface area contributed by atoms with Gasteiger partial charge in [-0.15, -0.1) is 0 Å². The molecule has 0 radical (unpaired) electrons. The number of amides is 1. The van der Waals surface area contributed by atoms with Crippen LogP contribution in [0.2, 0.25) is 5.02 Å². The molecule has 0 saturated carbocycles.